The fourth-order valence-electron chi connectivity index (χ4n) is 2.15. The molecule has 4 heteroatoms. The Morgan fingerprint density at radius 2 is 2.24 bits per heavy atom. The number of para-hydroxylation sites is 2. The topological polar surface area (TPSA) is 44.7 Å². The first-order chi connectivity index (χ1) is 8.33. The van der Waals surface area contributed by atoms with Crippen LogP contribution in [-0.4, -0.2) is 44.1 Å². The third-order valence-corrected chi connectivity index (χ3v) is 3.05. The minimum absolute atomic E-state index is 0.0910. The zero-order valence-electron chi connectivity index (χ0n) is 10.2. The van der Waals surface area contributed by atoms with E-state index >= 15 is 0 Å². The van der Waals surface area contributed by atoms with Crippen molar-refractivity contribution in [2.75, 3.05) is 43.1 Å². The van der Waals surface area contributed by atoms with Crippen molar-refractivity contribution in [2.24, 2.45) is 0 Å². The van der Waals surface area contributed by atoms with Crippen molar-refractivity contribution < 1.29 is 9.84 Å². The molecule has 1 aliphatic rings. The van der Waals surface area contributed by atoms with Gasteiger partial charge in [-0.3, -0.25) is 0 Å². The SMILES string of the molecule is CC1CNc2ccccc2N1CCOCCO. The van der Waals surface area contributed by atoms with Crippen LogP contribution in [0.15, 0.2) is 24.3 Å². The number of nitrogens with zero attached hydrogens (tertiary/aromatic N) is 1. The lowest BCUT2D eigenvalue weighted by molar-refractivity contribution is 0.0960. The number of ether oxygens (including phenoxy) is 1. The van der Waals surface area contributed by atoms with E-state index in [0.29, 0.717) is 19.3 Å². The molecule has 17 heavy (non-hydrogen) atoms. The van der Waals surface area contributed by atoms with Crippen LogP contribution in [0.2, 0.25) is 0 Å². The Hall–Kier alpha value is -1.26. The molecule has 2 N–H and O–H groups in total. The Morgan fingerprint density at radius 1 is 1.41 bits per heavy atom. The van der Waals surface area contributed by atoms with Gasteiger partial charge in [-0.1, -0.05) is 12.1 Å². The quantitative estimate of drug-likeness (QED) is 0.757. The van der Waals surface area contributed by atoms with Crippen LogP contribution in [0.4, 0.5) is 11.4 Å². The molecule has 1 aliphatic heterocycles. The van der Waals surface area contributed by atoms with Crippen LogP contribution in [0, 0.1) is 0 Å². The standard InChI is InChI=1S/C13H20N2O2/c1-11-10-14-12-4-2-3-5-13(12)15(11)6-8-17-9-7-16/h2-5,11,14,16H,6-10H2,1H3. The van der Waals surface area contributed by atoms with Crippen LogP contribution in [0.3, 0.4) is 0 Å². The van der Waals surface area contributed by atoms with Gasteiger partial charge in [0, 0.05) is 19.1 Å². The van der Waals surface area contributed by atoms with Crippen molar-refractivity contribution in [1.82, 2.24) is 0 Å². The fourth-order valence-corrected chi connectivity index (χ4v) is 2.15. The second-order valence-corrected chi connectivity index (χ2v) is 4.28. The molecule has 1 heterocycles. The summed E-state index contributed by atoms with van der Waals surface area (Å²) in [6.07, 6.45) is 0. The van der Waals surface area contributed by atoms with Crippen LogP contribution in [-0.2, 0) is 4.74 Å². The molecule has 1 unspecified atom stereocenters. The largest absolute Gasteiger partial charge is 0.394 e. The fraction of sp³-hybridized carbons (Fsp3) is 0.538. The molecule has 4 nitrogen and oxygen atoms in total. The Bertz CT molecular complexity index is 357. The number of benzene rings is 1. The lowest BCUT2D eigenvalue weighted by atomic mass is 10.1. The Balaban J connectivity index is 2.00. The molecule has 94 valence electrons. The predicted molar refractivity (Wildman–Crippen MR) is 69.6 cm³/mol. The van der Waals surface area contributed by atoms with Crippen molar-refractivity contribution in [3.05, 3.63) is 24.3 Å². The molecule has 0 aliphatic carbocycles. The molecule has 0 fully saturated rings. The van der Waals surface area contributed by atoms with Crippen molar-refractivity contribution in [3.63, 3.8) is 0 Å². The Labute approximate surface area is 102 Å². The molecule has 2 rings (SSSR count). The summed E-state index contributed by atoms with van der Waals surface area (Å²) in [6.45, 7) is 5.18. The highest BCUT2D eigenvalue weighted by Crippen LogP contribution is 2.30. The number of aliphatic hydroxyl groups excluding tert-OH is 1. The summed E-state index contributed by atoms with van der Waals surface area (Å²) in [4.78, 5) is 2.35. The van der Waals surface area contributed by atoms with E-state index in [1.807, 2.05) is 6.07 Å². The molecule has 0 amide bonds. The highest BCUT2D eigenvalue weighted by atomic mass is 16.5. The average molecular weight is 236 g/mol. The van der Waals surface area contributed by atoms with E-state index in [0.717, 1.165) is 13.1 Å². The summed E-state index contributed by atoms with van der Waals surface area (Å²) in [5.74, 6) is 0. The van der Waals surface area contributed by atoms with Crippen LogP contribution in [0.25, 0.3) is 0 Å². The summed E-state index contributed by atoms with van der Waals surface area (Å²) in [6, 6.07) is 8.79. The summed E-state index contributed by atoms with van der Waals surface area (Å²) in [5.41, 5.74) is 2.42. The maximum absolute atomic E-state index is 8.66. The number of hydrogen-bond acceptors (Lipinski definition) is 4. The van der Waals surface area contributed by atoms with Crippen molar-refractivity contribution in [2.45, 2.75) is 13.0 Å². The number of nitrogens with one attached hydrogen (secondary N) is 1. The Morgan fingerprint density at radius 3 is 3.06 bits per heavy atom. The van der Waals surface area contributed by atoms with Crippen molar-refractivity contribution in [1.29, 1.82) is 0 Å². The van der Waals surface area contributed by atoms with E-state index in [2.05, 4.69) is 35.3 Å². The van der Waals surface area contributed by atoms with Crippen LogP contribution >= 0.6 is 0 Å². The van der Waals surface area contributed by atoms with Crippen LogP contribution < -0.4 is 10.2 Å². The van der Waals surface area contributed by atoms with E-state index in [1.54, 1.807) is 0 Å². The van der Waals surface area contributed by atoms with Gasteiger partial charge in [0.15, 0.2) is 0 Å². The molecule has 0 saturated heterocycles. The highest BCUT2D eigenvalue weighted by molar-refractivity contribution is 5.72. The van der Waals surface area contributed by atoms with Gasteiger partial charge in [0.05, 0.1) is 31.2 Å². The van der Waals surface area contributed by atoms with Gasteiger partial charge in [-0.2, -0.15) is 0 Å². The first-order valence-corrected chi connectivity index (χ1v) is 6.11. The normalized spacial score (nSPS) is 18.7. The summed E-state index contributed by atoms with van der Waals surface area (Å²) in [7, 11) is 0. The monoisotopic (exact) mass is 236 g/mol. The zero-order chi connectivity index (χ0) is 12.1. The number of anilines is 2. The lowest BCUT2D eigenvalue weighted by Gasteiger charge is -2.37. The Kier molecular flexibility index (Phi) is 4.23. The molecular formula is C13H20N2O2. The van der Waals surface area contributed by atoms with E-state index in [4.69, 9.17) is 9.84 Å². The molecular weight excluding hydrogens is 216 g/mol. The zero-order valence-corrected chi connectivity index (χ0v) is 10.2. The minimum Gasteiger partial charge on any atom is -0.394 e. The van der Waals surface area contributed by atoms with Crippen LogP contribution in [0.1, 0.15) is 6.92 Å². The number of aliphatic hydroxyl groups is 1. The third-order valence-electron chi connectivity index (χ3n) is 3.05. The van der Waals surface area contributed by atoms with E-state index in [1.165, 1.54) is 11.4 Å². The van der Waals surface area contributed by atoms with Gasteiger partial charge in [0.1, 0.15) is 0 Å². The van der Waals surface area contributed by atoms with Gasteiger partial charge in [-0.25, -0.2) is 0 Å². The lowest BCUT2D eigenvalue weighted by Crippen LogP contribution is -2.43. The maximum Gasteiger partial charge on any atom is 0.0698 e. The molecule has 0 aromatic heterocycles. The van der Waals surface area contributed by atoms with E-state index < -0.39 is 0 Å². The highest BCUT2D eigenvalue weighted by Gasteiger charge is 2.21. The average Bonchev–Trinajstić information content (AvgIpc) is 2.37. The summed E-state index contributed by atoms with van der Waals surface area (Å²) in [5, 5.41) is 12.1. The van der Waals surface area contributed by atoms with Crippen molar-refractivity contribution >= 4 is 11.4 Å². The smallest absolute Gasteiger partial charge is 0.0698 e. The number of fused-ring (bicyclic) bond motifs is 1. The maximum atomic E-state index is 8.66. The third kappa shape index (κ3) is 2.90. The second-order valence-electron chi connectivity index (χ2n) is 4.28. The summed E-state index contributed by atoms with van der Waals surface area (Å²) < 4.78 is 5.34. The molecule has 0 bridgehead atoms. The van der Waals surface area contributed by atoms with Crippen LogP contribution in [0.5, 0.6) is 0 Å². The molecule has 0 saturated carbocycles. The van der Waals surface area contributed by atoms with Gasteiger partial charge < -0.3 is 20.1 Å². The summed E-state index contributed by atoms with van der Waals surface area (Å²) >= 11 is 0. The molecule has 1 atom stereocenters. The number of rotatable bonds is 5. The van der Waals surface area contributed by atoms with Gasteiger partial charge in [0.2, 0.25) is 0 Å². The van der Waals surface area contributed by atoms with Gasteiger partial charge >= 0.3 is 0 Å². The van der Waals surface area contributed by atoms with Gasteiger partial charge in [-0.05, 0) is 19.1 Å². The first kappa shape index (κ1) is 12.2. The minimum atomic E-state index is 0.0910. The predicted octanol–water partition coefficient (Wildman–Crippen LogP) is 1.32. The molecule has 1 aromatic carbocycles. The molecule has 1 aromatic rings. The van der Waals surface area contributed by atoms with Gasteiger partial charge in [-0.15, -0.1) is 0 Å². The second kappa shape index (κ2) is 5.89. The number of hydrogen-bond donors (Lipinski definition) is 2. The molecule has 0 spiro atoms. The molecule has 0 radical (unpaired) electrons. The first-order valence-electron chi connectivity index (χ1n) is 6.11. The van der Waals surface area contributed by atoms with Crippen molar-refractivity contribution in [3.8, 4) is 0 Å². The van der Waals surface area contributed by atoms with Gasteiger partial charge in [0.25, 0.3) is 0 Å². The van der Waals surface area contributed by atoms with E-state index in [9.17, 15) is 0 Å². The van der Waals surface area contributed by atoms with E-state index in [-0.39, 0.29) is 6.61 Å².